The van der Waals surface area contributed by atoms with Crippen molar-refractivity contribution in [3.05, 3.63) is 64.0 Å². The molecular formula is C21H19N3O2S. The van der Waals surface area contributed by atoms with Crippen molar-refractivity contribution < 1.29 is 4.79 Å². The van der Waals surface area contributed by atoms with Gasteiger partial charge in [-0.1, -0.05) is 43.3 Å². The minimum absolute atomic E-state index is 0.215. The van der Waals surface area contributed by atoms with E-state index < -0.39 is 11.9 Å². The average molecular weight is 377 g/mol. The Kier molecular flexibility index (Phi) is 4.28. The number of rotatable bonds is 4. The number of nitrogens with two attached hydrogens (primary N) is 1. The Labute approximate surface area is 160 Å². The molecule has 0 aliphatic heterocycles. The molecule has 0 saturated heterocycles. The van der Waals surface area contributed by atoms with E-state index in [0.717, 1.165) is 21.9 Å². The van der Waals surface area contributed by atoms with Crippen LogP contribution in [0.5, 0.6) is 0 Å². The summed E-state index contributed by atoms with van der Waals surface area (Å²) in [5, 5.41) is 4.76. The molecule has 27 heavy (non-hydrogen) atoms. The molecule has 2 aromatic carbocycles. The SMILES string of the molecule is CCc1nc2scc(-c3ccc4ccccc4c3)c2c(=O)n1C(C)C(N)=O. The molecular weight excluding hydrogens is 358 g/mol. The van der Waals surface area contributed by atoms with Gasteiger partial charge in [0, 0.05) is 17.4 Å². The van der Waals surface area contributed by atoms with Crippen molar-refractivity contribution in [2.24, 2.45) is 5.73 Å². The number of nitrogens with zero attached hydrogens (tertiary/aromatic N) is 2. The number of hydrogen-bond acceptors (Lipinski definition) is 4. The summed E-state index contributed by atoms with van der Waals surface area (Å²) in [6.07, 6.45) is 0.548. The van der Waals surface area contributed by atoms with Gasteiger partial charge in [-0.15, -0.1) is 11.3 Å². The van der Waals surface area contributed by atoms with Gasteiger partial charge in [0.15, 0.2) is 0 Å². The van der Waals surface area contributed by atoms with Crippen LogP contribution in [-0.4, -0.2) is 15.5 Å². The third-order valence-electron chi connectivity index (χ3n) is 4.89. The second-order valence-corrected chi connectivity index (χ2v) is 7.38. The minimum Gasteiger partial charge on any atom is -0.368 e. The normalized spacial score (nSPS) is 12.5. The van der Waals surface area contributed by atoms with Gasteiger partial charge >= 0.3 is 0 Å². The zero-order valence-electron chi connectivity index (χ0n) is 15.1. The first-order valence-corrected chi connectivity index (χ1v) is 9.70. The van der Waals surface area contributed by atoms with Crippen LogP contribution < -0.4 is 11.3 Å². The Balaban J connectivity index is 2.00. The Morgan fingerprint density at radius 1 is 1.22 bits per heavy atom. The van der Waals surface area contributed by atoms with Crippen LogP contribution in [0.1, 0.15) is 25.7 Å². The maximum Gasteiger partial charge on any atom is 0.263 e. The average Bonchev–Trinajstić information content (AvgIpc) is 3.11. The first-order valence-electron chi connectivity index (χ1n) is 8.82. The third kappa shape index (κ3) is 2.82. The number of carbonyl (C=O) groups is 1. The van der Waals surface area contributed by atoms with Crippen LogP contribution in [0.2, 0.25) is 0 Å². The molecule has 2 aromatic heterocycles. The maximum absolute atomic E-state index is 13.3. The van der Waals surface area contributed by atoms with Crippen LogP contribution in [-0.2, 0) is 11.2 Å². The molecule has 0 fully saturated rings. The van der Waals surface area contributed by atoms with Gasteiger partial charge in [0.1, 0.15) is 16.7 Å². The zero-order valence-corrected chi connectivity index (χ0v) is 15.9. The molecule has 0 spiro atoms. The van der Waals surface area contributed by atoms with Gasteiger partial charge < -0.3 is 5.73 Å². The lowest BCUT2D eigenvalue weighted by Gasteiger charge is -2.16. The smallest absolute Gasteiger partial charge is 0.263 e. The largest absolute Gasteiger partial charge is 0.368 e. The van der Waals surface area contributed by atoms with Crippen LogP contribution in [0.3, 0.4) is 0 Å². The number of benzene rings is 2. The third-order valence-corrected chi connectivity index (χ3v) is 5.76. The van der Waals surface area contributed by atoms with Crippen molar-refractivity contribution in [3.63, 3.8) is 0 Å². The predicted octanol–water partition coefficient (Wildman–Crippen LogP) is 3.89. The van der Waals surface area contributed by atoms with E-state index in [-0.39, 0.29) is 5.56 Å². The van der Waals surface area contributed by atoms with Crippen LogP contribution in [0.15, 0.2) is 52.6 Å². The lowest BCUT2D eigenvalue weighted by molar-refractivity contribution is -0.120. The van der Waals surface area contributed by atoms with E-state index in [1.807, 2.05) is 42.6 Å². The van der Waals surface area contributed by atoms with Crippen molar-refractivity contribution >= 4 is 38.2 Å². The summed E-state index contributed by atoms with van der Waals surface area (Å²) in [5.74, 6) is 0.0288. The zero-order chi connectivity index (χ0) is 19.1. The van der Waals surface area contributed by atoms with E-state index in [4.69, 9.17) is 5.73 Å². The van der Waals surface area contributed by atoms with Crippen molar-refractivity contribution in [1.29, 1.82) is 0 Å². The van der Waals surface area contributed by atoms with E-state index in [2.05, 4.69) is 17.1 Å². The standard InChI is InChI=1S/C21H19N3O2S/c1-3-17-23-20-18(21(26)24(17)12(2)19(22)25)16(11-27-20)15-9-8-13-6-4-5-7-14(13)10-15/h4-12H,3H2,1-2H3,(H2,22,25). The molecule has 0 bridgehead atoms. The van der Waals surface area contributed by atoms with Gasteiger partial charge in [-0.2, -0.15) is 0 Å². The summed E-state index contributed by atoms with van der Waals surface area (Å²) in [7, 11) is 0. The minimum atomic E-state index is -0.742. The van der Waals surface area contributed by atoms with Gasteiger partial charge in [0.25, 0.3) is 5.56 Å². The van der Waals surface area contributed by atoms with E-state index in [1.54, 1.807) is 6.92 Å². The van der Waals surface area contributed by atoms with Gasteiger partial charge in [-0.05, 0) is 29.3 Å². The molecule has 1 amide bonds. The number of hydrogen-bond donors (Lipinski definition) is 1. The Morgan fingerprint density at radius 3 is 2.67 bits per heavy atom. The van der Waals surface area contributed by atoms with E-state index in [1.165, 1.54) is 15.9 Å². The summed E-state index contributed by atoms with van der Waals surface area (Å²) in [5.41, 5.74) is 7.05. The summed E-state index contributed by atoms with van der Waals surface area (Å²) in [6.45, 7) is 3.55. The molecule has 4 rings (SSSR count). The second-order valence-electron chi connectivity index (χ2n) is 6.53. The van der Waals surface area contributed by atoms with Crippen molar-refractivity contribution in [3.8, 4) is 11.1 Å². The summed E-state index contributed by atoms with van der Waals surface area (Å²) in [4.78, 5) is 30.4. The van der Waals surface area contributed by atoms with E-state index >= 15 is 0 Å². The number of carbonyl (C=O) groups excluding carboxylic acids is 1. The molecule has 2 heterocycles. The molecule has 5 nitrogen and oxygen atoms in total. The first kappa shape index (κ1) is 17.4. The van der Waals surface area contributed by atoms with Gasteiger partial charge in [-0.3, -0.25) is 14.2 Å². The van der Waals surface area contributed by atoms with Crippen LogP contribution in [0.25, 0.3) is 32.1 Å². The second kappa shape index (κ2) is 6.63. The van der Waals surface area contributed by atoms with Gasteiger partial charge in [-0.25, -0.2) is 4.98 Å². The quantitative estimate of drug-likeness (QED) is 0.586. The van der Waals surface area contributed by atoms with Crippen LogP contribution in [0.4, 0.5) is 0 Å². The number of primary amides is 1. The molecule has 1 atom stereocenters. The Morgan fingerprint density at radius 2 is 1.96 bits per heavy atom. The highest BCUT2D eigenvalue weighted by atomic mass is 32.1. The molecule has 2 N–H and O–H groups in total. The van der Waals surface area contributed by atoms with Gasteiger partial charge in [0.05, 0.1) is 5.39 Å². The topological polar surface area (TPSA) is 78.0 Å². The number of amides is 1. The molecule has 0 aliphatic carbocycles. The fraction of sp³-hybridized carbons (Fsp3) is 0.190. The van der Waals surface area contributed by atoms with Crippen LogP contribution in [0, 0.1) is 0 Å². The number of aryl methyl sites for hydroxylation is 1. The number of thiophene rings is 1. The predicted molar refractivity (Wildman–Crippen MR) is 110 cm³/mol. The Hall–Kier alpha value is -2.99. The van der Waals surface area contributed by atoms with E-state index in [9.17, 15) is 9.59 Å². The Bertz CT molecular complexity index is 1240. The molecule has 0 aliphatic rings. The lowest BCUT2D eigenvalue weighted by Crippen LogP contribution is -2.34. The summed E-state index contributed by atoms with van der Waals surface area (Å²) < 4.78 is 1.43. The fourth-order valence-corrected chi connectivity index (χ4v) is 4.35. The monoisotopic (exact) mass is 377 g/mol. The highest BCUT2D eigenvalue weighted by Gasteiger charge is 2.22. The summed E-state index contributed by atoms with van der Waals surface area (Å²) >= 11 is 1.45. The molecule has 0 saturated carbocycles. The fourth-order valence-electron chi connectivity index (χ4n) is 3.39. The summed E-state index contributed by atoms with van der Waals surface area (Å²) in [6, 6.07) is 13.5. The first-order chi connectivity index (χ1) is 13.0. The van der Waals surface area contributed by atoms with Crippen molar-refractivity contribution in [1.82, 2.24) is 9.55 Å². The highest BCUT2D eigenvalue weighted by molar-refractivity contribution is 7.17. The molecule has 136 valence electrons. The van der Waals surface area contributed by atoms with Crippen molar-refractivity contribution in [2.75, 3.05) is 0 Å². The lowest BCUT2D eigenvalue weighted by atomic mass is 10.0. The van der Waals surface area contributed by atoms with Crippen molar-refractivity contribution in [2.45, 2.75) is 26.3 Å². The number of fused-ring (bicyclic) bond motifs is 2. The van der Waals surface area contributed by atoms with E-state index in [0.29, 0.717) is 22.5 Å². The molecule has 4 aromatic rings. The van der Waals surface area contributed by atoms with Gasteiger partial charge in [0.2, 0.25) is 5.91 Å². The highest BCUT2D eigenvalue weighted by Crippen LogP contribution is 2.33. The molecule has 0 radical (unpaired) electrons. The van der Waals surface area contributed by atoms with Crippen LogP contribution >= 0.6 is 11.3 Å². The number of aromatic nitrogens is 2. The molecule has 1 unspecified atom stereocenters. The maximum atomic E-state index is 13.3. The molecule has 6 heteroatoms.